The molecule has 0 saturated heterocycles. The van der Waals surface area contributed by atoms with E-state index in [0.29, 0.717) is 19.1 Å². The molecule has 24 heavy (non-hydrogen) atoms. The van der Waals surface area contributed by atoms with Gasteiger partial charge in [-0.15, -0.1) is 11.3 Å². The van der Waals surface area contributed by atoms with Gasteiger partial charge in [0, 0.05) is 24.0 Å². The number of carbonyl (C=O) groups is 1. The van der Waals surface area contributed by atoms with Crippen LogP contribution in [0.3, 0.4) is 0 Å². The number of carbonyl (C=O) groups excluding carboxylic acids is 1. The van der Waals surface area contributed by atoms with Crippen molar-refractivity contribution in [2.75, 3.05) is 19.6 Å². The molecule has 2 heterocycles. The zero-order chi connectivity index (χ0) is 16.9. The minimum atomic E-state index is -0.230. The number of fused-ring (bicyclic) bond motifs is 1. The zero-order valence-corrected chi connectivity index (χ0v) is 14.7. The van der Waals surface area contributed by atoms with Crippen LogP contribution < -0.4 is 5.32 Å². The van der Waals surface area contributed by atoms with Gasteiger partial charge in [0.05, 0.1) is 6.54 Å². The van der Waals surface area contributed by atoms with E-state index in [1.54, 1.807) is 12.1 Å². The Morgan fingerprint density at radius 1 is 1.33 bits per heavy atom. The summed E-state index contributed by atoms with van der Waals surface area (Å²) in [5.41, 5.74) is 2.43. The molecule has 1 unspecified atom stereocenters. The summed E-state index contributed by atoms with van der Waals surface area (Å²) >= 11 is 1.82. The fraction of sp³-hybridized carbons (Fsp3) is 0.421. The Labute approximate surface area is 146 Å². The Morgan fingerprint density at radius 2 is 2.12 bits per heavy atom. The maximum atomic E-state index is 12.9. The number of amides is 1. The summed E-state index contributed by atoms with van der Waals surface area (Å²) in [5, 5.41) is 5.14. The molecule has 0 fully saturated rings. The molecule has 0 bridgehead atoms. The van der Waals surface area contributed by atoms with Crippen molar-refractivity contribution in [3.8, 4) is 0 Å². The predicted octanol–water partition coefficient (Wildman–Crippen LogP) is 3.56. The van der Waals surface area contributed by atoms with Crippen molar-refractivity contribution < 1.29 is 9.18 Å². The van der Waals surface area contributed by atoms with E-state index in [2.05, 4.69) is 28.6 Å². The van der Waals surface area contributed by atoms with Crippen molar-refractivity contribution >= 4 is 17.2 Å². The highest BCUT2D eigenvalue weighted by molar-refractivity contribution is 7.10. The number of nitrogens with zero attached hydrogens (tertiary/aromatic N) is 1. The first kappa shape index (κ1) is 17.1. The third-order valence-corrected chi connectivity index (χ3v) is 5.58. The second-order valence-electron chi connectivity index (χ2n) is 6.17. The lowest BCUT2D eigenvalue weighted by Crippen LogP contribution is -2.42. The Balaban J connectivity index is 1.49. The predicted molar refractivity (Wildman–Crippen MR) is 95.7 cm³/mol. The maximum absolute atomic E-state index is 12.9. The van der Waals surface area contributed by atoms with Crippen LogP contribution in [-0.2, 0) is 17.6 Å². The number of thiophene rings is 1. The zero-order valence-electron chi connectivity index (χ0n) is 13.9. The summed E-state index contributed by atoms with van der Waals surface area (Å²) in [6, 6.07) is 8.98. The highest BCUT2D eigenvalue weighted by Gasteiger charge is 2.27. The molecule has 1 N–H and O–H groups in total. The normalized spacial score (nSPS) is 17.5. The van der Waals surface area contributed by atoms with Crippen molar-refractivity contribution in [2.45, 2.75) is 32.2 Å². The fourth-order valence-electron chi connectivity index (χ4n) is 3.35. The molecule has 128 valence electrons. The standard InChI is InChI=1S/C19H23FN2OS/c1-2-17-16-9-12-24-18(16)8-11-22(17)13-19(23)21-10-7-14-3-5-15(20)6-4-14/h3-6,9,12,17H,2,7-8,10-11,13H2,1H3,(H,21,23). The van der Waals surface area contributed by atoms with E-state index in [1.165, 1.54) is 22.6 Å². The van der Waals surface area contributed by atoms with Crippen LogP contribution in [0, 0.1) is 5.82 Å². The van der Waals surface area contributed by atoms with Gasteiger partial charge in [-0.25, -0.2) is 4.39 Å². The van der Waals surface area contributed by atoms with Crippen LogP contribution >= 0.6 is 11.3 Å². The van der Waals surface area contributed by atoms with Gasteiger partial charge in [0.1, 0.15) is 5.82 Å². The molecular formula is C19H23FN2OS. The molecule has 1 amide bonds. The summed E-state index contributed by atoms with van der Waals surface area (Å²) in [6.07, 6.45) is 2.77. The van der Waals surface area contributed by atoms with E-state index in [9.17, 15) is 9.18 Å². The molecule has 1 aliphatic rings. The summed E-state index contributed by atoms with van der Waals surface area (Å²) in [4.78, 5) is 16.0. The lowest BCUT2D eigenvalue weighted by molar-refractivity contribution is -0.122. The maximum Gasteiger partial charge on any atom is 0.234 e. The van der Waals surface area contributed by atoms with E-state index in [4.69, 9.17) is 0 Å². The Hall–Kier alpha value is -1.72. The molecule has 1 aromatic carbocycles. The van der Waals surface area contributed by atoms with E-state index >= 15 is 0 Å². The highest BCUT2D eigenvalue weighted by Crippen LogP contribution is 2.34. The second-order valence-corrected chi connectivity index (χ2v) is 7.17. The van der Waals surface area contributed by atoms with Gasteiger partial charge in [0.25, 0.3) is 0 Å². The van der Waals surface area contributed by atoms with Gasteiger partial charge in [0.15, 0.2) is 0 Å². The van der Waals surface area contributed by atoms with Crippen LogP contribution in [0.5, 0.6) is 0 Å². The van der Waals surface area contributed by atoms with Crippen LogP contribution in [0.1, 0.15) is 35.4 Å². The SMILES string of the molecule is CCC1c2ccsc2CCN1CC(=O)NCCc1ccc(F)cc1. The number of nitrogens with one attached hydrogen (secondary N) is 1. The van der Waals surface area contributed by atoms with Crippen molar-refractivity contribution in [2.24, 2.45) is 0 Å². The lowest BCUT2D eigenvalue weighted by Gasteiger charge is -2.34. The molecule has 2 aromatic rings. The van der Waals surface area contributed by atoms with E-state index < -0.39 is 0 Å². The van der Waals surface area contributed by atoms with E-state index in [0.717, 1.165) is 31.4 Å². The monoisotopic (exact) mass is 346 g/mol. The topological polar surface area (TPSA) is 32.3 Å². The molecule has 1 aliphatic heterocycles. The van der Waals surface area contributed by atoms with Gasteiger partial charge in [0.2, 0.25) is 5.91 Å². The number of halogens is 1. The number of rotatable bonds is 6. The summed E-state index contributed by atoms with van der Waals surface area (Å²) in [6.45, 7) is 4.14. The molecule has 1 aromatic heterocycles. The van der Waals surface area contributed by atoms with E-state index in [-0.39, 0.29) is 11.7 Å². The first-order valence-corrected chi connectivity index (χ1v) is 9.36. The van der Waals surface area contributed by atoms with Crippen molar-refractivity contribution in [3.05, 3.63) is 57.5 Å². The Kier molecular flexibility index (Phi) is 5.63. The van der Waals surface area contributed by atoms with E-state index in [1.807, 2.05) is 11.3 Å². The average Bonchev–Trinajstić information content (AvgIpc) is 3.05. The van der Waals surface area contributed by atoms with Gasteiger partial charge in [-0.3, -0.25) is 9.69 Å². The minimum Gasteiger partial charge on any atom is -0.355 e. The Morgan fingerprint density at radius 3 is 2.88 bits per heavy atom. The van der Waals surface area contributed by atoms with Crippen molar-refractivity contribution in [3.63, 3.8) is 0 Å². The van der Waals surface area contributed by atoms with Gasteiger partial charge in [-0.05, 0) is 54.0 Å². The minimum absolute atomic E-state index is 0.0641. The molecular weight excluding hydrogens is 323 g/mol. The molecule has 5 heteroatoms. The van der Waals surface area contributed by atoms with Gasteiger partial charge >= 0.3 is 0 Å². The van der Waals surface area contributed by atoms with Crippen LogP contribution in [0.4, 0.5) is 4.39 Å². The van der Waals surface area contributed by atoms with Crippen LogP contribution in [0.25, 0.3) is 0 Å². The molecule has 0 spiro atoms. The first-order valence-electron chi connectivity index (χ1n) is 8.49. The summed E-state index contributed by atoms with van der Waals surface area (Å²) in [5.74, 6) is -0.166. The summed E-state index contributed by atoms with van der Waals surface area (Å²) in [7, 11) is 0. The number of hydrogen-bond acceptors (Lipinski definition) is 3. The molecule has 0 aliphatic carbocycles. The molecule has 1 atom stereocenters. The smallest absolute Gasteiger partial charge is 0.234 e. The van der Waals surface area contributed by atoms with Crippen LogP contribution in [0.15, 0.2) is 35.7 Å². The molecule has 0 saturated carbocycles. The third kappa shape index (κ3) is 4.02. The van der Waals surface area contributed by atoms with Gasteiger partial charge in [-0.2, -0.15) is 0 Å². The van der Waals surface area contributed by atoms with Gasteiger partial charge in [-0.1, -0.05) is 19.1 Å². The lowest BCUT2D eigenvalue weighted by atomic mass is 9.98. The Bertz CT molecular complexity index is 683. The molecule has 0 radical (unpaired) electrons. The van der Waals surface area contributed by atoms with Crippen molar-refractivity contribution in [1.82, 2.24) is 10.2 Å². The quantitative estimate of drug-likeness (QED) is 0.867. The molecule has 3 nitrogen and oxygen atoms in total. The van der Waals surface area contributed by atoms with Crippen LogP contribution in [-0.4, -0.2) is 30.4 Å². The first-order chi connectivity index (χ1) is 11.7. The molecule has 3 rings (SSSR count). The number of hydrogen-bond donors (Lipinski definition) is 1. The second kappa shape index (κ2) is 7.90. The van der Waals surface area contributed by atoms with Crippen LogP contribution in [0.2, 0.25) is 0 Å². The highest BCUT2D eigenvalue weighted by atomic mass is 32.1. The van der Waals surface area contributed by atoms with Crippen molar-refractivity contribution in [1.29, 1.82) is 0 Å². The largest absolute Gasteiger partial charge is 0.355 e. The fourth-order valence-corrected chi connectivity index (χ4v) is 4.28. The third-order valence-electron chi connectivity index (χ3n) is 4.59. The van der Waals surface area contributed by atoms with Gasteiger partial charge < -0.3 is 5.32 Å². The average molecular weight is 346 g/mol. The number of benzene rings is 1. The summed E-state index contributed by atoms with van der Waals surface area (Å²) < 4.78 is 12.9.